The van der Waals surface area contributed by atoms with Gasteiger partial charge >= 0.3 is 12.0 Å². The van der Waals surface area contributed by atoms with Crippen molar-refractivity contribution in [3.05, 3.63) is 11.8 Å². The minimum atomic E-state index is -1.55. The van der Waals surface area contributed by atoms with Crippen LogP contribution in [0.5, 0.6) is 0 Å². The van der Waals surface area contributed by atoms with E-state index in [4.69, 9.17) is 21.0 Å². The molecule has 5 atom stereocenters. The molecule has 152 valence electrons. The minimum absolute atomic E-state index is 0.0132. The zero-order valence-corrected chi connectivity index (χ0v) is 14.8. The van der Waals surface area contributed by atoms with E-state index in [1.807, 2.05) is 0 Å². The molecule has 1 rings (SSSR count). The van der Waals surface area contributed by atoms with E-state index < -0.39 is 48.2 Å². The molecule has 0 saturated heterocycles. The standard InChI is InChI=1S/C14H24N6O7/c1-5(21)9(16)12-20-19-11(27-12)7(3-4-8(15)23)17-14(26)18-10(6(2)22)13(24)25/h5-7,9-10,21-22H,3-4,16H2,1-2H3,(H2,15,23)(H,24,25)(H2,17,18,26)/t5?,6?,7-,9?,10?/m0/s1. The van der Waals surface area contributed by atoms with Crippen molar-refractivity contribution in [2.45, 2.75) is 57.0 Å². The summed E-state index contributed by atoms with van der Waals surface area (Å²) in [7, 11) is 0. The monoisotopic (exact) mass is 388 g/mol. The fourth-order valence-corrected chi connectivity index (χ4v) is 2.00. The van der Waals surface area contributed by atoms with Crippen molar-refractivity contribution in [3.8, 4) is 0 Å². The summed E-state index contributed by atoms with van der Waals surface area (Å²) in [6.07, 6.45) is -2.47. The summed E-state index contributed by atoms with van der Waals surface area (Å²) >= 11 is 0. The number of carbonyl (C=O) groups excluding carboxylic acids is 2. The highest BCUT2D eigenvalue weighted by atomic mass is 16.4. The molecule has 27 heavy (non-hydrogen) atoms. The highest BCUT2D eigenvalue weighted by Crippen LogP contribution is 2.20. The topological polar surface area (TPSA) is 227 Å². The lowest BCUT2D eigenvalue weighted by molar-refractivity contribution is -0.141. The van der Waals surface area contributed by atoms with Crippen LogP contribution in [0.15, 0.2) is 4.42 Å². The summed E-state index contributed by atoms with van der Waals surface area (Å²) in [4.78, 5) is 34.2. The van der Waals surface area contributed by atoms with Gasteiger partial charge in [0.25, 0.3) is 0 Å². The zero-order valence-electron chi connectivity index (χ0n) is 14.8. The van der Waals surface area contributed by atoms with Crippen molar-refractivity contribution in [1.82, 2.24) is 20.8 Å². The van der Waals surface area contributed by atoms with Crippen LogP contribution in [0.1, 0.15) is 50.6 Å². The Morgan fingerprint density at radius 3 is 2.19 bits per heavy atom. The van der Waals surface area contributed by atoms with Gasteiger partial charge in [0.15, 0.2) is 6.04 Å². The molecule has 9 N–H and O–H groups in total. The van der Waals surface area contributed by atoms with Gasteiger partial charge in [0.05, 0.1) is 12.2 Å². The van der Waals surface area contributed by atoms with E-state index in [0.29, 0.717) is 0 Å². The number of aromatic nitrogens is 2. The predicted molar refractivity (Wildman–Crippen MR) is 88.8 cm³/mol. The van der Waals surface area contributed by atoms with E-state index in [0.717, 1.165) is 0 Å². The third-order valence-corrected chi connectivity index (χ3v) is 3.58. The SMILES string of the molecule is CC(O)C(NC(=O)N[C@@H](CCC(N)=O)c1nnc(C(N)C(C)O)o1)C(=O)O. The molecule has 1 heterocycles. The summed E-state index contributed by atoms with van der Waals surface area (Å²) in [5, 5.41) is 39.8. The molecule has 0 aromatic carbocycles. The first kappa shape index (κ1) is 22.3. The number of urea groups is 1. The molecule has 13 nitrogen and oxygen atoms in total. The Bertz CT molecular complexity index is 662. The molecule has 3 amide bonds. The lowest BCUT2D eigenvalue weighted by atomic mass is 10.1. The number of amides is 3. The number of nitrogens with two attached hydrogens (primary N) is 2. The van der Waals surface area contributed by atoms with Gasteiger partial charge in [0, 0.05) is 6.42 Å². The predicted octanol–water partition coefficient (Wildman–Crippen LogP) is -2.11. The molecule has 0 spiro atoms. The highest BCUT2D eigenvalue weighted by Gasteiger charge is 2.28. The fourth-order valence-electron chi connectivity index (χ4n) is 2.00. The van der Waals surface area contributed by atoms with Crippen molar-refractivity contribution in [3.63, 3.8) is 0 Å². The Labute approximate surface area is 154 Å². The van der Waals surface area contributed by atoms with Crippen molar-refractivity contribution in [2.24, 2.45) is 11.5 Å². The first-order valence-corrected chi connectivity index (χ1v) is 8.06. The minimum Gasteiger partial charge on any atom is -0.480 e. The maximum absolute atomic E-state index is 12.1. The third kappa shape index (κ3) is 6.80. The van der Waals surface area contributed by atoms with Crippen LogP contribution in [-0.2, 0) is 9.59 Å². The van der Waals surface area contributed by atoms with Gasteiger partial charge in [-0.1, -0.05) is 0 Å². The Balaban J connectivity index is 2.93. The lowest BCUT2D eigenvalue weighted by Crippen LogP contribution is -2.51. The lowest BCUT2D eigenvalue weighted by Gasteiger charge is -2.20. The van der Waals surface area contributed by atoms with Gasteiger partial charge in [0.1, 0.15) is 12.1 Å². The molecular weight excluding hydrogens is 364 g/mol. The van der Waals surface area contributed by atoms with Crippen LogP contribution in [0, 0.1) is 0 Å². The second-order valence-corrected chi connectivity index (χ2v) is 5.98. The molecule has 0 saturated carbocycles. The molecule has 0 fully saturated rings. The maximum Gasteiger partial charge on any atom is 0.328 e. The van der Waals surface area contributed by atoms with Crippen LogP contribution in [-0.4, -0.2) is 61.7 Å². The molecule has 0 aliphatic carbocycles. The fraction of sp³-hybridized carbons (Fsp3) is 0.643. The molecule has 1 aromatic rings. The number of aliphatic carboxylic acids is 1. The second-order valence-electron chi connectivity index (χ2n) is 5.98. The Hall–Kier alpha value is -2.77. The average Bonchev–Trinajstić information content (AvgIpc) is 3.04. The molecule has 1 aromatic heterocycles. The van der Waals surface area contributed by atoms with Gasteiger partial charge in [-0.3, -0.25) is 4.79 Å². The zero-order chi connectivity index (χ0) is 20.7. The van der Waals surface area contributed by atoms with E-state index in [-0.39, 0.29) is 24.6 Å². The number of carbonyl (C=O) groups is 3. The molecule has 4 unspecified atom stereocenters. The number of aliphatic hydroxyl groups is 2. The first-order chi connectivity index (χ1) is 12.5. The number of carboxylic acids is 1. The van der Waals surface area contributed by atoms with E-state index in [1.165, 1.54) is 13.8 Å². The van der Waals surface area contributed by atoms with Crippen LogP contribution in [0.3, 0.4) is 0 Å². The number of rotatable bonds is 10. The Kier molecular flexibility index (Phi) is 8.08. The number of nitrogens with zero attached hydrogens (tertiary/aromatic N) is 2. The largest absolute Gasteiger partial charge is 0.480 e. The summed E-state index contributed by atoms with van der Waals surface area (Å²) in [5.74, 6) is -2.27. The van der Waals surface area contributed by atoms with Crippen LogP contribution < -0.4 is 22.1 Å². The molecule has 0 aliphatic rings. The van der Waals surface area contributed by atoms with Gasteiger partial charge in [-0.2, -0.15) is 0 Å². The van der Waals surface area contributed by atoms with Crippen molar-refractivity contribution in [1.29, 1.82) is 0 Å². The van der Waals surface area contributed by atoms with Crippen LogP contribution in [0.2, 0.25) is 0 Å². The number of aliphatic hydroxyl groups excluding tert-OH is 2. The Morgan fingerprint density at radius 1 is 1.11 bits per heavy atom. The summed E-state index contributed by atoms with van der Waals surface area (Å²) in [6.45, 7) is 2.62. The van der Waals surface area contributed by atoms with Gasteiger partial charge in [-0.25, -0.2) is 9.59 Å². The second kappa shape index (κ2) is 9.80. The van der Waals surface area contributed by atoms with Crippen molar-refractivity contribution >= 4 is 17.9 Å². The Morgan fingerprint density at radius 2 is 1.70 bits per heavy atom. The van der Waals surface area contributed by atoms with Gasteiger partial charge in [0.2, 0.25) is 17.7 Å². The highest BCUT2D eigenvalue weighted by molar-refractivity contribution is 5.83. The maximum atomic E-state index is 12.1. The van der Waals surface area contributed by atoms with Crippen LogP contribution >= 0.6 is 0 Å². The van der Waals surface area contributed by atoms with E-state index in [1.54, 1.807) is 0 Å². The first-order valence-electron chi connectivity index (χ1n) is 8.06. The summed E-state index contributed by atoms with van der Waals surface area (Å²) < 4.78 is 5.33. The van der Waals surface area contributed by atoms with Gasteiger partial charge in [-0.05, 0) is 20.3 Å². The molecule has 0 aliphatic heterocycles. The number of nitrogens with one attached hydrogen (secondary N) is 2. The van der Waals surface area contributed by atoms with E-state index in [2.05, 4.69) is 20.8 Å². The van der Waals surface area contributed by atoms with Crippen molar-refractivity contribution < 1.29 is 34.1 Å². The average molecular weight is 388 g/mol. The van der Waals surface area contributed by atoms with E-state index >= 15 is 0 Å². The number of primary amides is 1. The molecule has 0 radical (unpaired) electrons. The molecular formula is C14H24N6O7. The smallest absolute Gasteiger partial charge is 0.328 e. The molecule has 0 bridgehead atoms. The van der Waals surface area contributed by atoms with E-state index in [9.17, 15) is 24.6 Å². The van der Waals surface area contributed by atoms with Gasteiger partial charge < -0.3 is 41.8 Å². The van der Waals surface area contributed by atoms with Crippen molar-refractivity contribution in [2.75, 3.05) is 0 Å². The summed E-state index contributed by atoms with van der Waals surface area (Å²) in [6, 6.07) is -4.44. The normalized spacial score (nSPS) is 16.6. The number of carboxylic acid groups (broad SMARTS) is 1. The van der Waals surface area contributed by atoms with Crippen LogP contribution in [0.4, 0.5) is 4.79 Å². The number of hydrogen-bond acceptors (Lipinski definition) is 9. The molecule has 13 heteroatoms. The van der Waals surface area contributed by atoms with Gasteiger partial charge in [-0.15, -0.1) is 10.2 Å². The van der Waals surface area contributed by atoms with Crippen LogP contribution in [0.25, 0.3) is 0 Å². The third-order valence-electron chi connectivity index (χ3n) is 3.58. The summed E-state index contributed by atoms with van der Waals surface area (Å²) in [5.41, 5.74) is 10.8. The number of hydrogen-bond donors (Lipinski definition) is 7. The quantitative estimate of drug-likeness (QED) is 0.231.